The zero-order chi connectivity index (χ0) is 22.7. The van der Waals surface area contributed by atoms with Crippen molar-refractivity contribution in [2.75, 3.05) is 19.8 Å². The minimum Gasteiger partial charge on any atom is -0.460 e. The Balaban J connectivity index is 1.70. The van der Waals surface area contributed by atoms with Crippen molar-refractivity contribution in [2.45, 2.75) is 38.5 Å². The fourth-order valence-corrected chi connectivity index (χ4v) is 5.39. The second kappa shape index (κ2) is 10.0. The molecule has 1 aliphatic carbocycles. The molecule has 0 spiro atoms. The third kappa shape index (κ3) is 4.68. The number of carbonyl (C=O) groups is 2. The van der Waals surface area contributed by atoms with Crippen molar-refractivity contribution in [3.63, 3.8) is 0 Å². The molecule has 0 amide bonds. The number of nitrogens with one attached hydrogen (secondary N) is 1. The number of halogens is 1. The normalized spacial score (nSPS) is 20.8. The van der Waals surface area contributed by atoms with Crippen LogP contribution in [-0.4, -0.2) is 31.6 Å². The molecule has 5 nitrogen and oxygen atoms in total. The predicted octanol–water partition coefficient (Wildman–Crippen LogP) is 5.34. The van der Waals surface area contributed by atoms with Gasteiger partial charge in [0, 0.05) is 51.7 Å². The van der Waals surface area contributed by atoms with Crippen molar-refractivity contribution in [3.8, 4) is 0 Å². The van der Waals surface area contributed by atoms with Crippen LogP contribution in [0.4, 0.5) is 0 Å². The molecular formula is C25H26ClNO4S. The Labute approximate surface area is 197 Å². The van der Waals surface area contributed by atoms with Gasteiger partial charge in [0.15, 0.2) is 5.78 Å². The number of dihydropyridines is 1. The summed E-state index contributed by atoms with van der Waals surface area (Å²) >= 11 is 7.78. The van der Waals surface area contributed by atoms with Gasteiger partial charge >= 0.3 is 5.97 Å². The van der Waals surface area contributed by atoms with Crippen molar-refractivity contribution >= 4 is 34.7 Å². The molecule has 1 N–H and O–H groups in total. The van der Waals surface area contributed by atoms with Gasteiger partial charge in [-0.1, -0.05) is 29.8 Å². The van der Waals surface area contributed by atoms with E-state index in [-0.39, 0.29) is 18.3 Å². The summed E-state index contributed by atoms with van der Waals surface area (Å²) in [5, 5.41) is 6.01. The van der Waals surface area contributed by atoms with Crippen LogP contribution >= 0.6 is 22.9 Å². The largest absolute Gasteiger partial charge is 0.460 e. The Bertz CT molecular complexity index is 1060. The smallest absolute Gasteiger partial charge is 0.336 e. The van der Waals surface area contributed by atoms with E-state index in [1.807, 2.05) is 37.4 Å². The summed E-state index contributed by atoms with van der Waals surface area (Å²) in [5.74, 6) is -0.717. The van der Waals surface area contributed by atoms with Gasteiger partial charge in [-0.05, 0) is 49.4 Å². The Morgan fingerprint density at radius 3 is 2.66 bits per heavy atom. The van der Waals surface area contributed by atoms with Crippen LogP contribution in [0.3, 0.4) is 0 Å². The SMILES string of the molecule is CCOCCOC(=O)C1=C(C)NC2=C(C(=O)C[C@H](c3cccs3)C2)[C@H]1c1ccc(Cl)cc1. The monoisotopic (exact) mass is 471 g/mol. The minimum atomic E-state index is -0.486. The molecule has 2 atom stereocenters. The van der Waals surface area contributed by atoms with Gasteiger partial charge in [-0.25, -0.2) is 4.79 Å². The van der Waals surface area contributed by atoms with E-state index in [9.17, 15) is 9.59 Å². The lowest BCUT2D eigenvalue weighted by Gasteiger charge is -2.36. The standard InChI is InChI=1S/C25H26ClNO4S/c1-3-30-10-11-31-25(29)22-15(2)27-19-13-17(21-5-4-12-32-21)14-20(28)24(19)23(22)16-6-8-18(26)9-7-16/h4-9,12,17,23,27H,3,10-11,13-14H2,1-2H3/t17-,23+/m1/s1. The number of hydrogen-bond acceptors (Lipinski definition) is 6. The van der Waals surface area contributed by atoms with Crippen LogP contribution < -0.4 is 5.32 Å². The maximum absolute atomic E-state index is 13.4. The molecule has 2 aromatic rings. The molecule has 1 aliphatic heterocycles. The number of rotatable bonds is 7. The van der Waals surface area contributed by atoms with E-state index in [2.05, 4.69) is 11.4 Å². The van der Waals surface area contributed by atoms with Crippen LogP contribution in [0, 0.1) is 0 Å². The van der Waals surface area contributed by atoms with Crippen LogP contribution in [0.15, 0.2) is 64.3 Å². The fraction of sp³-hybridized carbons (Fsp3) is 0.360. The maximum Gasteiger partial charge on any atom is 0.336 e. The molecule has 0 saturated heterocycles. The average Bonchev–Trinajstić information content (AvgIpc) is 3.31. The number of thiophene rings is 1. The molecule has 32 heavy (non-hydrogen) atoms. The van der Waals surface area contributed by atoms with E-state index >= 15 is 0 Å². The first-order chi connectivity index (χ1) is 15.5. The number of ether oxygens (including phenoxy) is 2. The third-order valence-electron chi connectivity index (χ3n) is 5.86. The summed E-state index contributed by atoms with van der Waals surface area (Å²) in [5.41, 5.74) is 3.57. The van der Waals surface area contributed by atoms with Crippen molar-refractivity contribution in [1.82, 2.24) is 5.32 Å². The Hall–Kier alpha value is -2.41. The second-order valence-electron chi connectivity index (χ2n) is 7.92. The summed E-state index contributed by atoms with van der Waals surface area (Å²) in [4.78, 5) is 27.8. The lowest BCUT2D eigenvalue weighted by Crippen LogP contribution is -2.36. The molecule has 0 fully saturated rings. The zero-order valence-corrected chi connectivity index (χ0v) is 19.7. The number of esters is 1. The van der Waals surface area contributed by atoms with Gasteiger partial charge in [0.2, 0.25) is 0 Å². The van der Waals surface area contributed by atoms with E-state index in [1.165, 1.54) is 4.88 Å². The van der Waals surface area contributed by atoms with Gasteiger partial charge in [-0.2, -0.15) is 0 Å². The van der Waals surface area contributed by atoms with Crippen LogP contribution in [0.1, 0.15) is 49.0 Å². The third-order valence-corrected chi connectivity index (χ3v) is 7.15. The molecule has 0 unspecified atom stereocenters. The highest BCUT2D eigenvalue weighted by Gasteiger charge is 2.41. The van der Waals surface area contributed by atoms with Crippen molar-refractivity contribution in [3.05, 3.63) is 79.8 Å². The van der Waals surface area contributed by atoms with Gasteiger partial charge in [0.25, 0.3) is 0 Å². The van der Waals surface area contributed by atoms with Crippen molar-refractivity contribution in [2.24, 2.45) is 0 Å². The topological polar surface area (TPSA) is 64.6 Å². The van der Waals surface area contributed by atoms with Crippen LogP contribution in [0.5, 0.6) is 0 Å². The predicted molar refractivity (Wildman–Crippen MR) is 126 cm³/mol. The molecule has 168 valence electrons. The van der Waals surface area contributed by atoms with E-state index in [0.717, 1.165) is 17.7 Å². The fourth-order valence-electron chi connectivity index (χ4n) is 4.44. The minimum absolute atomic E-state index is 0.0595. The number of ketones is 1. The summed E-state index contributed by atoms with van der Waals surface area (Å²) in [6.07, 6.45) is 1.16. The van der Waals surface area contributed by atoms with E-state index in [4.69, 9.17) is 21.1 Å². The van der Waals surface area contributed by atoms with E-state index in [0.29, 0.717) is 41.5 Å². The lowest BCUT2D eigenvalue weighted by molar-refractivity contribution is -0.140. The molecule has 0 radical (unpaired) electrons. The highest BCUT2D eigenvalue weighted by molar-refractivity contribution is 7.10. The molecule has 2 aliphatic rings. The summed E-state index contributed by atoms with van der Waals surface area (Å²) in [6.45, 7) is 4.82. The van der Waals surface area contributed by atoms with Gasteiger partial charge < -0.3 is 14.8 Å². The first kappa shape index (κ1) is 22.8. The molecule has 4 rings (SSSR count). The summed E-state index contributed by atoms with van der Waals surface area (Å²) < 4.78 is 10.8. The number of Topliss-reactive ketones (excluding diaryl/α,β-unsaturated/α-hetero) is 1. The first-order valence-electron chi connectivity index (χ1n) is 10.8. The van der Waals surface area contributed by atoms with Crippen LogP contribution in [0.2, 0.25) is 5.02 Å². The molecular weight excluding hydrogens is 446 g/mol. The van der Waals surface area contributed by atoms with Crippen molar-refractivity contribution < 1.29 is 19.1 Å². The quantitative estimate of drug-likeness (QED) is 0.436. The van der Waals surface area contributed by atoms with E-state index in [1.54, 1.807) is 23.5 Å². The first-order valence-corrected chi connectivity index (χ1v) is 12.0. The molecule has 0 saturated carbocycles. The van der Waals surface area contributed by atoms with Crippen LogP contribution in [0.25, 0.3) is 0 Å². The molecule has 1 aromatic heterocycles. The van der Waals surface area contributed by atoms with Gasteiger partial charge in [0.1, 0.15) is 6.61 Å². The zero-order valence-electron chi connectivity index (χ0n) is 18.2. The highest BCUT2D eigenvalue weighted by Crippen LogP contribution is 2.46. The second-order valence-corrected chi connectivity index (χ2v) is 9.33. The van der Waals surface area contributed by atoms with E-state index < -0.39 is 11.9 Å². The van der Waals surface area contributed by atoms with Gasteiger partial charge in [0.05, 0.1) is 12.2 Å². The van der Waals surface area contributed by atoms with Crippen LogP contribution in [-0.2, 0) is 19.1 Å². The Morgan fingerprint density at radius 1 is 1.19 bits per heavy atom. The maximum atomic E-state index is 13.4. The summed E-state index contributed by atoms with van der Waals surface area (Å²) in [7, 11) is 0. The number of carbonyl (C=O) groups excluding carboxylic acids is 2. The lowest BCUT2D eigenvalue weighted by atomic mass is 9.72. The molecule has 7 heteroatoms. The Kier molecular flexibility index (Phi) is 7.13. The van der Waals surface area contributed by atoms with Gasteiger partial charge in [-0.15, -0.1) is 11.3 Å². The average molecular weight is 472 g/mol. The number of benzene rings is 1. The van der Waals surface area contributed by atoms with Crippen molar-refractivity contribution in [1.29, 1.82) is 0 Å². The molecule has 0 bridgehead atoms. The molecule has 2 heterocycles. The summed E-state index contributed by atoms with van der Waals surface area (Å²) in [6, 6.07) is 11.4. The Morgan fingerprint density at radius 2 is 1.97 bits per heavy atom. The van der Waals surface area contributed by atoms with Gasteiger partial charge in [-0.3, -0.25) is 4.79 Å². The highest BCUT2D eigenvalue weighted by atomic mass is 35.5. The number of allylic oxidation sites excluding steroid dienone is 3. The number of hydrogen-bond donors (Lipinski definition) is 1. The molecule has 1 aromatic carbocycles.